The van der Waals surface area contributed by atoms with Gasteiger partial charge in [-0.25, -0.2) is 9.59 Å². The maximum atomic E-state index is 12.5. The zero-order chi connectivity index (χ0) is 28.4. The normalized spacial score (nSPS) is 16.8. The van der Waals surface area contributed by atoms with E-state index in [0.29, 0.717) is 0 Å². The predicted molar refractivity (Wildman–Crippen MR) is 132 cm³/mol. The van der Waals surface area contributed by atoms with E-state index in [9.17, 15) is 50.1 Å². The van der Waals surface area contributed by atoms with E-state index in [2.05, 4.69) is 0 Å². The smallest absolute Gasteiger partial charge is 0.345 e. The molecular formula is C27H22O12. The molecule has 1 aliphatic heterocycles. The van der Waals surface area contributed by atoms with Crippen molar-refractivity contribution >= 4 is 24.0 Å². The molecule has 12 nitrogen and oxygen atoms in total. The highest BCUT2D eigenvalue weighted by molar-refractivity contribution is 5.91. The van der Waals surface area contributed by atoms with E-state index in [1.165, 1.54) is 30.3 Å². The highest BCUT2D eigenvalue weighted by Gasteiger charge is 2.43. The quantitative estimate of drug-likeness (QED) is 0.125. The largest absolute Gasteiger partial charge is 0.504 e. The van der Waals surface area contributed by atoms with E-state index in [0.717, 1.165) is 30.3 Å². The number of carboxylic acid groups (broad SMARTS) is 2. The number of fused-ring (bicyclic) bond motifs is 1. The molecule has 0 spiro atoms. The Labute approximate surface area is 219 Å². The third kappa shape index (κ3) is 5.49. The lowest BCUT2D eigenvalue weighted by Crippen LogP contribution is -2.28. The highest BCUT2D eigenvalue weighted by atomic mass is 16.6. The second kappa shape index (κ2) is 10.5. The van der Waals surface area contributed by atoms with Gasteiger partial charge >= 0.3 is 17.9 Å². The number of esters is 1. The van der Waals surface area contributed by atoms with Crippen molar-refractivity contribution < 1.29 is 59.6 Å². The van der Waals surface area contributed by atoms with Crippen LogP contribution in [-0.2, 0) is 25.5 Å². The second-order valence-electron chi connectivity index (χ2n) is 8.64. The molecule has 4 rings (SSSR count). The van der Waals surface area contributed by atoms with Gasteiger partial charge in [-0.05, 0) is 53.1 Å². The van der Waals surface area contributed by atoms with Gasteiger partial charge in [0.2, 0.25) is 6.10 Å². The first-order valence-corrected chi connectivity index (χ1v) is 11.4. The minimum atomic E-state index is -1.64. The average Bonchev–Trinajstić information content (AvgIpc) is 3.29. The Morgan fingerprint density at radius 2 is 1.49 bits per heavy atom. The van der Waals surface area contributed by atoms with Gasteiger partial charge in [0.15, 0.2) is 34.5 Å². The van der Waals surface area contributed by atoms with Crippen molar-refractivity contribution in [3.8, 4) is 34.5 Å². The van der Waals surface area contributed by atoms with Crippen LogP contribution in [0.5, 0.6) is 34.5 Å². The molecule has 1 heterocycles. The van der Waals surface area contributed by atoms with Gasteiger partial charge in [-0.1, -0.05) is 18.2 Å². The highest BCUT2D eigenvalue weighted by Crippen LogP contribution is 2.52. The Morgan fingerprint density at radius 3 is 2.10 bits per heavy atom. The van der Waals surface area contributed by atoms with Crippen LogP contribution in [0.2, 0.25) is 0 Å². The van der Waals surface area contributed by atoms with Crippen LogP contribution in [0.1, 0.15) is 34.3 Å². The average molecular weight is 538 g/mol. The van der Waals surface area contributed by atoms with Crippen LogP contribution in [0, 0.1) is 0 Å². The summed E-state index contributed by atoms with van der Waals surface area (Å²) in [7, 11) is 0. The minimum Gasteiger partial charge on any atom is -0.504 e. The van der Waals surface area contributed by atoms with Gasteiger partial charge in [0, 0.05) is 18.1 Å². The van der Waals surface area contributed by atoms with E-state index in [1.54, 1.807) is 0 Å². The molecule has 0 saturated heterocycles. The zero-order valence-corrected chi connectivity index (χ0v) is 19.9. The molecule has 39 heavy (non-hydrogen) atoms. The number of aromatic hydroxyl groups is 5. The monoisotopic (exact) mass is 538 g/mol. The molecule has 0 saturated carbocycles. The molecule has 0 aliphatic carbocycles. The van der Waals surface area contributed by atoms with Gasteiger partial charge in [-0.2, -0.15) is 0 Å². The summed E-state index contributed by atoms with van der Waals surface area (Å²) in [6, 6.07) is 9.83. The lowest BCUT2D eigenvalue weighted by molar-refractivity contribution is -0.160. The molecule has 0 fully saturated rings. The Morgan fingerprint density at radius 1 is 0.846 bits per heavy atom. The lowest BCUT2D eigenvalue weighted by Gasteiger charge is -2.17. The standard InChI is InChI=1S/C27H22O12/c28-15-5-1-12(9-18(15)31)10-20(26(34)35)38-21(33)8-4-13-2-7-17(30)25-22(13)23(27(36)37)24(39-25)14-3-6-16(29)19(32)11-14/h1-9,11,20,23-24,28-32H,10H2,(H,34,35)(H,36,37)/b8-4+/t20-,23-,24+/m1/s1. The van der Waals surface area contributed by atoms with Crippen LogP contribution in [0.25, 0.3) is 6.08 Å². The number of hydrogen-bond donors (Lipinski definition) is 7. The number of hydrogen-bond acceptors (Lipinski definition) is 10. The van der Waals surface area contributed by atoms with Crippen LogP contribution >= 0.6 is 0 Å². The van der Waals surface area contributed by atoms with Crippen molar-refractivity contribution in [2.75, 3.05) is 0 Å². The number of benzene rings is 3. The van der Waals surface area contributed by atoms with Crippen molar-refractivity contribution in [3.63, 3.8) is 0 Å². The molecule has 3 aromatic rings. The molecule has 0 amide bonds. The molecule has 0 aromatic heterocycles. The SMILES string of the molecule is O=C(/C=C/c1ccc(O)c2c1[C@@H](C(=O)O)[C@H](c1ccc(O)c(O)c1)O2)O[C@H](Cc1ccc(O)c(O)c1)C(=O)O. The van der Waals surface area contributed by atoms with E-state index >= 15 is 0 Å². The number of carbonyl (C=O) groups excluding carboxylic acids is 1. The molecule has 3 atom stereocenters. The third-order valence-corrected chi connectivity index (χ3v) is 6.06. The third-order valence-electron chi connectivity index (χ3n) is 6.06. The van der Waals surface area contributed by atoms with Gasteiger partial charge < -0.3 is 45.2 Å². The number of phenols is 5. The number of rotatable bonds is 8. The van der Waals surface area contributed by atoms with Gasteiger partial charge in [0.25, 0.3) is 0 Å². The lowest BCUT2D eigenvalue weighted by atomic mass is 9.88. The van der Waals surface area contributed by atoms with Crippen LogP contribution in [0.3, 0.4) is 0 Å². The van der Waals surface area contributed by atoms with Gasteiger partial charge in [0.05, 0.1) is 0 Å². The Bertz CT molecular complexity index is 1490. The fourth-order valence-electron chi connectivity index (χ4n) is 4.20. The first-order valence-electron chi connectivity index (χ1n) is 11.4. The molecular weight excluding hydrogens is 516 g/mol. The Balaban J connectivity index is 1.59. The molecule has 7 N–H and O–H groups in total. The first-order chi connectivity index (χ1) is 18.5. The molecule has 0 bridgehead atoms. The number of ether oxygens (including phenoxy) is 2. The molecule has 0 unspecified atom stereocenters. The van der Waals surface area contributed by atoms with E-state index in [1.807, 2.05) is 0 Å². The second-order valence-corrected chi connectivity index (χ2v) is 8.64. The van der Waals surface area contributed by atoms with E-state index in [4.69, 9.17) is 9.47 Å². The zero-order valence-electron chi connectivity index (χ0n) is 19.9. The maximum Gasteiger partial charge on any atom is 0.345 e. The summed E-state index contributed by atoms with van der Waals surface area (Å²) in [5.74, 6) is -7.59. The summed E-state index contributed by atoms with van der Waals surface area (Å²) in [4.78, 5) is 36.4. The molecule has 3 aromatic carbocycles. The predicted octanol–water partition coefficient (Wildman–Crippen LogP) is 2.77. The molecule has 1 aliphatic rings. The Hall–Kier alpha value is -5.39. The van der Waals surface area contributed by atoms with Crippen LogP contribution in [0.4, 0.5) is 0 Å². The number of phenolic OH excluding ortho intramolecular Hbond substituents is 5. The number of aliphatic carboxylic acids is 2. The summed E-state index contributed by atoms with van der Waals surface area (Å²) in [5, 5.41) is 68.2. The first kappa shape index (κ1) is 26.7. The van der Waals surface area contributed by atoms with Crippen molar-refractivity contribution in [1.82, 2.24) is 0 Å². The van der Waals surface area contributed by atoms with Crippen LogP contribution < -0.4 is 4.74 Å². The van der Waals surface area contributed by atoms with E-state index < -0.39 is 59.0 Å². The van der Waals surface area contributed by atoms with Crippen molar-refractivity contribution in [1.29, 1.82) is 0 Å². The van der Waals surface area contributed by atoms with Gasteiger partial charge in [-0.15, -0.1) is 0 Å². The summed E-state index contributed by atoms with van der Waals surface area (Å²) in [6.45, 7) is 0. The van der Waals surface area contributed by atoms with Crippen LogP contribution in [-0.4, -0.2) is 59.8 Å². The number of carboxylic acids is 2. The molecule has 202 valence electrons. The van der Waals surface area contributed by atoms with Gasteiger partial charge in [-0.3, -0.25) is 4.79 Å². The summed E-state index contributed by atoms with van der Waals surface area (Å²) in [6.07, 6.45) is -1.09. The molecule has 0 radical (unpaired) electrons. The Kier molecular flexibility index (Phi) is 7.20. The van der Waals surface area contributed by atoms with E-state index in [-0.39, 0.29) is 40.2 Å². The number of carbonyl (C=O) groups is 3. The topological polar surface area (TPSA) is 211 Å². The fraction of sp³-hybridized carbons (Fsp3) is 0.148. The van der Waals surface area contributed by atoms with Crippen molar-refractivity contribution in [2.24, 2.45) is 0 Å². The fourth-order valence-corrected chi connectivity index (χ4v) is 4.20. The minimum absolute atomic E-state index is 0.0264. The van der Waals surface area contributed by atoms with Crippen molar-refractivity contribution in [2.45, 2.75) is 24.5 Å². The summed E-state index contributed by atoms with van der Waals surface area (Å²) in [5.41, 5.74) is 0.664. The molecule has 12 heteroatoms. The summed E-state index contributed by atoms with van der Waals surface area (Å²) < 4.78 is 10.8. The maximum absolute atomic E-state index is 12.5. The van der Waals surface area contributed by atoms with Gasteiger partial charge in [0.1, 0.15) is 12.0 Å². The van der Waals surface area contributed by atoms with Crippen LogP contribution in [0.15, 0.2) is 54.6 Å². The van der Waals surface area contributed by atoms with Crippen molar-refractivity contribution in [3.05, 3.63) is 76.9 Å². The summed E-state index contributed by atoms with van der Waals surface area (Å²) >= 11 is 0.